The lowest BCUT2D eigenvalue weighted by atomic mass is 10.1. The molecule has 0 spiro atoms. The molecule has 1 fully saturated rings. The lowest BCUT2D eigenvalue weighted by Crippen LogP contribution is -2.30. The first-order valence-electron chi connectivity index (χ1n) is 5.99. The zero-order chi connectivity index (χ0) is 10.8. The summed E-state index contributed by atoms with van der Waals surface area (Å²) in [4.78, 5) is 3.06. The van der Waals surface area contributed by atoms with E-state index in [1.54, 1.807) is 4.88 Å². The Labute approximate surface area is 96.9 Å². The van der Waals surface area contributed by atoms with Gasteiger partial charge in [0.1, 0.15) is 0 Å². The second kappa shape index (κ2) is 4.67. The van der Waals surface area contributed by atoms with Gasteiger partial charge in [0.05, 0.1) is 0 Å². The highest BCUT2D eigenvalue weighted by Gasteiger charge is 2.38. The highest BCUT2D eigenvalue weighted by atomic mass is 32.1. The molecule has 0 aliphatic heterocycles. The molecule has 3 atom stereocenters. The van der Waals surface area contributed by atoms with Crippen LogP contribution >= 0.6 is 11.3 Å². The van der Waals surface area contributed by atoms with Crippen molar-refractivity contribution in [2.24, 2.45) is 11.8 Å². The van der Waals surface area contributed by atoms with Crippen LogP contribution < -0.4 is 5.32 Å². The molecule has 0 amide bonds. The Kier molecular flexibility index (Phi) is 3.47. The average molecular weight is 223 g/mol. The van der Waals surface area contributed by atoms with Crippen LogP contribution in [0.1, 0.15) is 30.0 Å². The summed E-state index contributed by atoms with van der Waals surface area (Å²) < 4.78 is 0. The molecule has 1 heterocycles. The van der Waals surface area contributed by atoms with E-state index < -0.39 is 0 Å². The van der Waals surface area contributed by atoms with Crippen molar-refractivity contribution >= 4 is 11.3 Å². The maximum absolute atomic E-state index is 3.48. The Hall–Kier alpha value is -0.340. The first-order chi connectivity index (χ1) is 7.24. The van der Waals surface area contributed by atoms with Crippen LogP contribution in [0, 0.1) is 11.8 Å². The fraction of sp³-hybridized carbons (Fsp3) is 0.692. The van der Waals surface area contributed by atoms with Gasteiger partial charge in [-0.25, -0.2) is 0 Å². The van der Waals surface area contributed by atoms with Gasteiger partial charge in [-0.3, -0.25) is 0 Å². The van der Waals surface area contributed by atoms with Gasteiger partial charge in [0.25, 0.3) is 0 Å². The minimum atomic E-state index is 0.698. The number of rotatable bonds is 5. The topological polar surface area (TPSA) is 12.0 Å². The van der Waals surface area contributed by atoms with Crippen LogP contribution in [0.2, 0.25) is 0 Å². The molecule has 1 N–H and O–H groups in total. The molecule has 1 aromatic heterocycles. The second-order valence-corrected chi connectivity index (χ2v) is 5.95. The Morgan fingerprint density at radius 1 is 1.47 bits per heavy atom. The zero-order valence-electron chi connectivity index (χ0n) is 9.92. The van der Waals surface area contributed by atoms with Gasteiger partial charge in [0, 0.05) is 15.8 Å². The predicted octanol–water partition coefficient (Wildman–Crippen LogP) is 3.10. The van der Waals surface area contributed by atoms with Crippen molar-refractivity contribution in [2.45, 2.75) is 39.2 Å². The third-order valence-corrected chi connectivity index (χ3v) is 4.80. The number of thiophene rings is 1. The molecule has 0 aromatic carbocycles. The molecule has 1 aliphatic rings. The lowest BCUT2D eigenvalue weighted by molar-refractivity contribution is 0.482. The summed E-state index contributed by atoms with van der Waals surface area (Å²) in [6.45, 7) is 4.59. The molecule has 0 saturated heterocycles. The molecule has 1 saturated carbocycles. The summed E-state index contributed by atoms with van der Waals surface area (Å²) in [5.74, 6) is 1.86. The number of hydrogen-bond donors (Lipinski definition) is 1. The molecule has 3 unspecified atom stereocenters. The molecule has 84 valence electrons. The first kappa shape index (κ1) is 11.2. The van der Waals surface area contributed by atoms with Crippen LogP contribution in [-0.2, 0) is 12.8 Å². The Morgan fingerprint density at radius 3 is 2.60 bits per heavy atom. The molecule has 2 heteroatoms. The highest BCUT2D eigenvalue weighted by molar-refractivity contribution is 7.11. The van der Waals surface area contributed by atoms with Crippen LogP contribution in [-0.4, -0.2) is 13.1 Å². The molecular formula is C13H21NS. The van der Waals surface area contributed by atoms with Gasteiger partial charge < -0.3 is 5.32 Å². The van der Waals surface area contributed by atoms with Gasteiger partial charge in [0.15, 0.2) is 0 Å². The van der Waals surface area contributed by atoms with E-state index in [2.05, 4.69) is 38.3 Å². The highest BCUT2D eigenvalue weighted by Crippen LogP contribution is 2.41. The summed E-state index contributed by atoms with van der Waals surface area (Å²) in [7, 11) is 2.10. The predicted molar refractivity (Wildman–Crippen MR) is 67.5 cm³/mol. The van der Waals surface area contributed by atoms with Crippen molar-refractivity contribution in [1.29, 1.82) is 0 Å². The van der Waals surface area contributed by atoms with E-state index in [4.69, 9.17) is 0 Å². The van der Waals surface area contributed by atoms with Gasteiger partial charge in [-0.05, 0) is 50.3 Å². The second-order valence-electron chi connectivity index (χ2n) is 4.70. The van der Waals surface area contributed by atoms with Crippen LogP contribution in [0.4, 0.5) is 0 Å². The van der Waals surface area contributed by atoms with E-state index in [-0.39, 0.29) is 0 Å². The minimum Gasteiger partial charge on any atom is -0.316 e. The van der Waals surface area contributed by atoms with Crippen molar-refractivity contribution in [3.63, 3.8) is 0 Å². The molecule has 0 radical (unpaired) electrons. The van der Waals surface area contributed by atoms with Crippen molar-refractivity contribution in [3.05, 3.63) is 21.9 Å². The smallest absolute Gasteiger partial charge is 0.0143 e. The molecule has 1 aromatic rings. The first-order valence-corrected chi connectivity index (χ1v) is 6.81. The van der Waals surface area contributed by atoms with E-state index >= 15 is 0 Å². The van der Waals surface area contributed by atoms with Crippen molar-refractivity contribution in [3.8, 4) is 0 Å². The van der Waals surface area contributed by atoms with Gasteiger partial charge in [-0.1, -0.05) is 13.8 Å². The van der Waals surface area contributed by atoms with Crippen molar-refractivity contribution in [2.75, 3.05) is 7.05 Å². The fourth-order valence-corrected chi connectivity index (χ4v) is 3.33. The number of nitrogens with one attached hydrogen (secondary N) is 1. The Bertz CT molecular complexity index is 318. The summed E-state index contributed by atoms with van der Waals surface area (Å²) in [6, 6.07) is 5.28. The monoisotopic (exact) mass is 223 g/mol. The normalized spacial score (nSPS) is 26.6. The van der Waals surface area contributed by atoms with E-state index in [9.17, 15) is 0 Å². The molecule has 2 rings (SSSR count). The van der Waals surface area contributed by atoms with E-state index in [0.29, 0.717) is 6.04 Å². The fourth-order valence-electron chi connectivity index (χ4n) is 2.32. The molecular weight excluding hydrogens is 202 g/mol. The summed E-state index contributed by atoms with van der Waals surface area (Å²) in [5.41, 5.74) is 0. The third-order valence-electron chi connectivity index (χ3n) is 3.55. The van der Waals surface area contributed by atoms with Crippen LogP contribution in [0.3, 0.4) is 0 Å². The molecule has 0 bridgehead atoms. The maximum Gasteiger partial charge on any atom is 0.0143 e. The summed E-state index contributed by atoms with van der Waals surface area (Å²) in [5, 5.41) is 3.48. The third kappa shape index (κ3) is 2.61. The van der Waals surface area contributed by atoms with Crippen molar-refractivity contribution in [1.82, 2.24) is 5.32 Å². The van der Waals surface area contributed by atoms with E-state index in [0.717, 1.165) is 11.8 Å². The Balaban J connectivity index is 1.94. The average Bonchev–Trinajstić information content (AvgIpc) is 2.81. The largest absolute Gasteiger partial charge is 0.316 e. The maximum atomic E-state index is 3.48. The van der Waals surface area contributed by atoms with Gasteiger partial charge in [-0.15, -0.1) is 11.3 Å². The quantitative estimate of drug-likeness (QED) is 0.809. The van der Waals surface area contributed by atoms with Crippen LogP contribution in [0.5, 0.6) is 0 Å². The molecule has 15 heavy (non-hydrogen) atoms. The van der Waals surface area contributed by atoms with Crippen LogP contribution in [0.25, 0.3) is 0 Å². The van der Waals surface area contributed by atoms with E-state index in [1.165, 1.54) is 24.1 Å². The summed E-state index contributed by atoms with van der Waals surface area (Å²) in [6.07, 6.45) is 3.81. The van der Waals surface area contributed by atoms with Crippen LogP contribution in [0.15, 0.2) is 12.1 Å². The zero-order valence-corrected chi connectivity index (χ0v) is 10.7. The number of aryl methyl sites for hydroxylation is 1. The number of hydrogen-bond acceptors (Lipinski definition) is 2. The summed E-state index contributed by atoms with van der Waals surface area (Å²) >= 11 is 1.98. The van der Waals surface area contributed by atoms with Gasteiger partial charge in [-0.2, -0.15) is 0 Å². The standard InChI is InChI=1S/C13H21NS/c1-4-10-5-6-11(15-10)8-13(14-3)12-7-9(12)2/h5-6,9,12-14H,4,7-8H2,1-3H3. The minimum absolute atomic E-state index is 0.698. The molecule has 1 nitrogen and oxygen atoms in total. The van der Waals surface area contributed by atoms with Gasteiger partial charge in [0.2, 0.25) is 0 Å². The number of likely N-dealkylation sites (N-methyl/N-ethyl adjacent to an activating group) is 1. The van der Waals surface area contributed by atoms with Crippen molar-refractivity contribution < 1.29 is 0 Å². The Morgan fingerprint density at radius 2 is 2.13 bits per heavy atom. The lowest BCUT2D eigenvalue weighted by Gasteiger charge is -2.14. The van der Waals surface area contributed by atoms with Gasteiger partial charge >= 0.3 is 0 Å². The SMILES string of the molecule is CCc1ccc(CC(NC)C2CC2C)s1. The molecule has 1 aliphatic carbocycles. The van der Waals surface area contributed by atoms with E-state index in [1.807, 2.05) is 11.3 Å².